The standard InChI is InChI=1S/C17H15Cl2NO4/c18-14-4-3-11(6-15(14)19)10-24-17(22)12-7-16(21)20(8-12)9-13-2-1-5-23-13/h1-6,12H,7-10H2/t12-/m1/s1. The molecule has 2 aromatic rings. The molecule has 3 rings (SSSR count). The first-order valence-corrected chi connectivity index (χ1v) is 8.19. The maximum Gasteiger partial charge on any atom is 0.311 e. The Morgan fingerprint density at radius 3 is 2.83 bits per heavy atom. The molecule has 126 valence electrons. The summed E-state index contributed by atoms with van der Waals surface area (Å²) in [5, 5.41) is 0.854. The molecule has 5 nitrogen and oxygen atoms in total. The lowest BCUT2D eigenvalue weighted by Crippen LogP contribution is -2.26. The SMILES string of the molecule is O=C(OCc1ccc(Cl)c(Cl)c1)[C@@H]1CC(=O)N(Cc2ccco2)C1. The molecule has 1 aromatic carbocycles. The van der Waals surface area contributed by atoms with Gasteiger partial charge in [0.15, 0.2) is 0 Å². The minimum absolute atomic E-state index is 0.0807. The van der Waals surface area contributed by atoms with Gasteiger partial charge in [-0.15, -0.1) is 0 Å². The fourth-order valence-electron chi connectivity index (χ4n) is 2.58. The second-order valence-electron chi connectivity index (χ2n) is 5.61. The van der Waals surface area contributed by atoms with Crippen molar-refractivity contribution in [2.24, 2.45) is 5.92 Å². The smallest absolute Gasteiger partial charge is 0.311 e. The molecule has 0 N–H and O–H groups in total. The van der Waals surface area contributed by atoms with Crippen LogP contribution in [0, 0.1) is 5.92 Å². The predicted molar refractivity (Wildman–Crippen MR) is 88.5 cm³/mol. The Morgan fingerprint density at radius 1 is 1.29 bits per heavy atom. The summed E-state index contributed by atoms with van der Waals surface area (Å²) in [5.74, 6) is -0.248. The second-order valence-corrected chi connectivity index (χ2v) is 6.43. The fraction of sp³-hybridized carbons (Fsp3) is 0.294. The summed E-state index contributed by atoms with van der Waals surface area (Å²) < 4.78 is 10.5. The molecule has 24 heavy (non-hydrogen) atoms. The van der Waals surface area contributed by atoms with Gasteiger partial charge in [0.05, 0.1) is 28.8 Å². The van der Waals surface area contributed by atoms with Crippen molar-refractivity contribution in [1.82, 2.24) is 4.90 Å². The van der Waals surface area contributed by atoms with Crippen LogP contribution in [0.15, 0.2) is 41.0 Å². The van der Waals surface area contributed by atoms with Crippen molar-refractivity contribution in [2.75, 3.05) is 6.54 Å². The highest BCUT2D eigenvalue weighted by molar-refractivity contribution is 6.42. The van der Waals surface area contributed by atoms with Gasteiger partial charge in [-0.2, -0.15) is 0 Å². The summed E-state index contributed by atoms with van der Waals surface area (Å²) in [5.41, 5.74) is 0.745. The van der Waals surface area contributed by atoms with E-state index in [1.807, 2.05) is 0 Å². The molecule has 1 saturated heterocycles. The number of halogens is 2. The average Bonchev–Trinajstić information content (AvgIpc) is 3.19. The van der Waals surface area contributed by atoms with Crippen LogP contribution in [-0.2, 0) is 27.5 Å². The van der Waals surface area contributed by atoms with E-state index in [1.54, 1.807) is 41.5 Å². The van der Waals surface area contributed by atoms with Gasteiger partial charge in [0, 0.05) is 13.0 Å². The van der Waals surface area contributed by atoms with E-state index < -0.39 is 11.9 Å². The monoisotopic (exact) mass is 367 g/mol. The molecular weight excluding hydrogens is 353 g/mol. The summed E-state index contributed by atoms with van der Waals surface area (Å²) >= 11 is 11.8. The molecule has 0 spiro atoms. The Bertz CT molecular complexity index is 745. The van der Waals surface area contributed by atoms with Crippen LogP contribution in [0.3, 0.4) is 0 Å². The van der Waals surface area contributed by atoms with E-state index in [0.29, 0.717) is 28.9 Å². The fourth-order valence-corrected chi connectivity index (χ4v) is 2.90. The van der Waals surface area contributed by atoms with Crippen molar-refractivity contribution in [3.8, 4) is 0 Å². The molecule has 0 radical (unpaired) electrons. The van der Waals surface area contributed by atoms with E-state index in [0.717, 1.165) is 5.56 Å². The lowest BCUT2D eigenvalue weighted by molar-refractivity contribution is -0.149. The first-order chi connectivity index (χ1) is 11.5. The lowest BCUT2D eigenvalue weighted by atomic mass is 10.1. The zero-order chi connectivity index (χ0) is 17.1. The summed E-state index contributed by atoms with van der Waals surface area (Å²) in [4.78, 5) is 25.8. The van der Waals surface area contributed by atoms with Gasteiger partial charge in [0.2, 0.25) is 5.91 Å². The molecule has 0 unspecified atom stereocenters. The Hall–Kier alpha value is -1.98. The Balaban J connectivity index is 1.53. The van der Waals surface area contributed by atoms with Crippen LogP contribution in [0.2, 0.25) is 10.0 Å². The quantitative estimate of drug-likeness (QED) is 0.756. The number of amides is 1. The van der Waals surface area contributed by atoms with Crippen LogP contribution in [0.1, 0.15) is 17.7 Å². The van der Waals surface area contributed by atoms with Crippen molar-refractivity contribution >= 4 is 35.1 Å². The van der Waals surface area contributed by atoms with Gasteiger partial charge in [-0.25, -0.2) is 0 Å². The molecule has 0 saturated carbocycles. The van der Waals surface area contributed by atoms with Gasteiger partial charge < -0.3 is 14.1 Å². The number of furan rings is 1. The van der Waals surface area contributed by atoms with E-state index in [-0.39, 0.29) is 18.9 Å². The number of ether oxygens (including phenoxy) is 1. The Morgan fingerprint density at radius 2 is 2.12 bits per heavy atom. The van der Waals surface area contributed by atoms with E-state index in [1.165, 1.54) is 0 Å². The van der Waals surface area contributed by atoms with E-state index >= 15 is 0 Å². The summed E-state index contributed by atoms with van der Waals surface area (Å²) in [6.07, 6.45) is 1.71. The molecule has 0 aliphatic carbocycles. The number of benzene rings is 1. The summed E-state index contributed by atoms with van der Waals surface area (Å²) in [6.45, 7) is 0.792. The second kappa shape index (κ2) is 7.28. The zero-order valence-corrected chi connectivity index (χ0v) is 14.2. The predicted octanol–water partition coefficient (Wildman–Crippen LogP) is 3.68. The number of hydrogen-bond donors (Lipinski definition) is 0. The number of esters is 1. The van der Waals surface area contributed by atoms with Crippen LogP contribution in [0.5, 0.6) is 0 Å². The molecule has 1 amide bonds. The molecule has 1 aliphatic rings. The molecule has 1 aliphatic heterocycles. The summed E-state index contributed by atoms with van der Waals surface area (Å²) in [7, 11) is 0. The molecule has 2 heterocycles. The van der Waals surface area contributed by atoms with Crippen molar-refractivity contribution in [3.05, 3.63) is 58.0 Å². The Kier molecular flexibility index (Phi) is 5.11. The molecule has 0 bridgehead atoms. The molecular formula is C17H15Cl2NO4. The number of carbonyl (C=O) groups is 2. The van der Waals surface area contributed by atoms with E-state index in [2.05, 4.69) is 0 Å². The number of carbonyl (C=O) groups excluding carboxylic acids is 2. The van der Waals surface area contributed by atoms with Gasteiger partial charge in [0.1, 0.15) is 12.4 Å². The van der Waals surface area contributed by atoms with Crippen LogP contribution < -0.4 is 0 Å². The third-order valence-corrected chi connectivity index (χ3v) is 4.58. The molecule has 1 aromatic heterocycles. The average molecular weight is 368 g/mol. The first kappa shape index (κ1) is 16.9. The lowest BCUT2D eigenvalue weighted by Gasteiger charge is -2.14. The minimum Gasteiger partial charge on any atom is -0.467 e. The van der Waals surface area contributed by atoms with Crippen LogP contribution in [0.25, 0.3) is 0 Å². The molecule has 7 heteroatoms. The van der Waals surface area contributed by atoms with Gasteiger partial charge in [-0.05, 0) is 29.8 Å². The number of likely N-dealkylation sites (tertiary alicyclic amines) is 1. The highest BCUT2D eigenvalue weighted by Gasteiger charge is 2.35. The highest BCUT2D eigenvalue weighted by atomic mass is 35.5. The van der Waals surface area contributed by atoms with E-state index in [9.17, 15) is 9.59 Å². The normalized spacial score (nSPS) is 17.3. The van der Waals surface area contributed by atoms with Gasteiger partial charge >= 0.3 is 5.97 Å². The topological polar surface area (TPSA) is 59.8 Å². The van der Waals surface area contributed by atoms with Crippen LogP contribution in [-0.4, -0.2) is 23.3 Å². The van der Waals surface area contributed by atoms with E-state index in [4.69, 9.17) is 32.4 Å². The maximum absolute atomic E-state index is 12.2. The third kappa shape index (κ3) is 3.91. The van der Waals surface area contributed by atoms with Crippen LogP contribution >= 0.6 is 23.2 Å². The zero-order valence-electron chi connectivity index (χ0n) is 12.7. The summed E-state index contributed by atoms with van der Waals surface area (Å²) in [6, 6.07) is 8.60. The third-order valence-electron chi connectivity index (χ3n) is 3.84. The molecule has 1 fully saturated rings. The van der Waals surface area contributed by atoms with Gasteiger partial charge in [-0.3, -0.25) is 9.59 Å². The van der Waals surface area contributed by atoms with Crippen LogP contribution in [0.4, 0.5) is 0 Å². The highest BCUT2D eigenvalue weighted by Crippen LogP contribution is 2.24. The minimum atomic E-state index is -0.463. The number of nitrogens with zero attached hydrogens (tertiary/aromatic N) is 1. The van der Waals surface area contributed by atoms with Crippen molar-refractivity contribution in [1.29, 1.82) is 0 Å². The van der Waals surface area contributed by atoms with Gasteiger partial charge in [-0.1, -0.05) is 29.3 Å². The van der Waals surface area contributed by atoms with Crippen molar-refractivity contribution in [2.45, 2.75) is 19.6 Å². The largest absolute Gasteiger partial charge is 0.467 e. The molecule has 1 atom stereocenters. The first-order valence-electron chi connectivity index (χ1n) is 7.43. The maximum atomic E-state index is 12.2. The Labute approximate surface area is 149 Å². The van der Waals surface area contributed by atoms with Crippen molar-refractivity contribution < 1.29 is 18.7 Å². The van der Waals surface area contributed by atoms with Crippen molar-refractivity contribution in [3.63, 3.8) is 0 Å². The van der Waals surface area contributed by atoms with Gasteiger partial charge in [0.25, 0.3) is 0 Å². The number of hydrogen-bond acceptors (Lipinski definition) is 4. The number of rotatable bonds is 5.